The van der Waals surface area contributed by atoms with Gasteiger partial charge in [-0.05, 0) is 44.2 Å². The predicted molar refractivity (Wildman–Crippen MR) is 119 cm³/mol. The number of aromatic nitrogens is 3. The lowest BCUT2D eigenvalue weighted by atomic mass is 10.1. The number of para-hydroxylation sites is 1. The summed E-state index contributed by atoms with van der Waals surface area (Å²) in [4.78, 5) is 6.86. The lowest BCUT2D eigenvalue weighted by Crippen LogP contribution is -2.08. The number of hydrogen-bond donors (Lipinski definition) is 1. The number of aryl methyl sites for hydroxylation is 2. The molecule has 0 saturated heterocycles. The first-order valence-corrected chi connectivity index (χ1v) is 9.52. The van der Waals surface area contributed by atoms with Gasteiger partial charge < -0.3 is 15.0 Å². The molecule has 0 bridgehead atoms. The Morgan fingerprint density at radius 1 is 1.00 bits per heavy atom. The van der Waals surface area contributed by atoms with Gasteiger partial charge in [0.25, 0.3) is 0 Å². The van der Waals surface area contributed by atoms with Crippen LogP contribution in [-0.2, 0) is 0 Å². The monoisotopic (exact) mass is 387 g/mol. The number of nitrogens with zero attached hydrogens (tertiary/aromatic N) is 4. The smallest absolute Gasteiger partial charge is 0.165 e. The summed E-state index contributed by atoms with van der Waals surface area (Å²) < 4.78 is 7.44. The molecule has 2 heterocycles. The van der Waals surface area contributed by atoms with Crippen LogP contribution in [0.25, 0.3) is 16.8 Å². The van der Waals surface area contributed by atoms with Crippen LogP contribution < -0.4 is 15.0 Å². The standard InChI is InChI=1S/C23H25N5O/c1-15-14-21(25-17-10-12-18(13-11-17)27(3)4)28-23(24-15)22(16(2)26-28)19-8-6-7-9-20(19)29-5/h6-14,25H,1-5H3. The number of benzene rings is 2. The Morgan fingerprint density at radius 2 is 1.72 bits per heavy atom. The molecule has 0 spiro atoms. The topological polar surface area (TPSA) is 54.7 Å². The van der Waals surface area contributed by atoms with E-state index < -0.39 is 0 Å². The first-order chi connectivity index (χ1) is 14.0. The maximum Gasteiger partial charge on any atom is 0.165 e. The molecule has 4 rings (SSSR count). The molecule has 6 nitrogen and oxygen atoms in total. The summed E-state index contributed by atoms with van der Waals surface area (Å²) >= 11 is 0. The number of hydrogen-bond acceptors (Lipinski definition) is 5. The van der Waals surface area contributed by atoms with Gasteiger partial charge in [0, 0.05) is 42.8 Å². The average Bonchev–Trinajstić information content (AvgIpc) is 3.04. The highest BCUT2D eigenvalue weighted by Crippen LogP contribution is 2.35. The predicted octanol–water partition coefficient (Wildman–Crippen LogP) is 4.83. The second kappa shape index (κ2) is 7.47. The molecule has 148 valence electrons. The second-order valence-corrected chi connectivity index (χ2v) is 7.25. The lowest BCUT2D eigenvalue weighted by molar-refractivity contribution is 0.416. The van der Waals surface area contributed by atoms with Crippen LogP contribution in [0.3, 0.4) is 0 Å². The van der Waals surface area contributed by atoms with E-state index in [1.54, 1.807) is 7.11 Å². The number of anilines is 3. The fourth-order valence-corrected chi connectivity index (χ4v) is 3.49. The molecule has 4 aromatic rings. The van der Waals surface area contributed by atoms with Gasteiger partial charge in [0.2, 0.25) is 0 Å². The van der Waals surface area contributed by atoms with E-state index in [2.05, 4.69) is 34.5 Å². The fraction of sp³-hybridized carbons (Fsp3) is 0.217. The quantitative estimate of drug-likeness (QED) is 0.531. The van der Waals surface area contributed by atoms with Crippen molar-refractivity contribution in [3.05, 3.63) is 66.0 Å². The van der Waals surface area contributed by atoms with E-state index in [0.717, 1.165) is 51.1 Å². The summed E-state index contributed by atoms with van der Waals surface area (Å²) in [6.45, 7) is 4.00. The normalized spacial score (nSPS) is 10.9. The fourth-order valence-electron chi connectivity index (χ4n) is 3.49. The van der Waals surface area contributed by atoms with Crippen LogP contribution >= 0.6 is 0 Å². The van der Waals surface area contributed by atoms with Crippen molar-refractivity contribution in [2.45, 2.75) is 13.8 Å². The van der Waals surface area contributed by atoms with Crippen LogP contribution in [0.15, 0.2) is 54.6 Å². The first-order valence-electron chi connectivity index (χ1n) is 9.52. The van der Waals surface area contributed by atoms with Crippen LogP contribution in [0.1, 0.15) is 11.4 Å². The van der Waals surface area contributed by atoms with E-state index in [0.29, 0.717) is 0 Å². The van der Waals surface area contributed by atoms with Gasteiger partial charge in [0.15, 0.2) is 5.65 Å². The SMILES string of the molecule is COc1ccccc1-c1c(C)nn2c(Nc3ccc(N(C)C)cc3)cc(C)nc12. The Labute approximate surface area is 170 Å². The molecule has 29 heavy (non-hydrogen) atoms. The van der Waals surface area contributed by atoms with Crippen molar-refractivity contribution in [2.75, 3.05) is 31.4 Å². The van der Waals surface area contributed by atoms with Gasteiger partial charge in [-0.3, -0.25) is 0 Å². The van der Waals surface area contributed by atoms with Crippen molar-refractivity contribution in [3.8, 4) is 16.9 Å². The number of fused-ring (bicyclic) bond motifs is 1. The minimum Gasteiger partial charge on any atom is -0.496 e. The van der Waals surface area contributed by atoms with Gasteiger partial charge in [-0.15, -0.1) is 0 Å². The molecule has 0 aliphatic carbocycles. The highest BCUT2D eigenvalue weighted by Gasteiger charge is 2.18. The van der Waals surface area contributed by atoms with Crippen LogP contribution in [-0.4, -0.2) is 35.8 Å². The van der Waals surface area contributed by atoms with Crippen molar-refractivity contribution in [1.29, 1.82) is 0 Å². The van der Waals surface area contributed by atoms with Gasteiger partial charge in [-0.1, -0.05) is 18.2 Å². The first kappa shape index (κ1) is 18.8. The highest BCUT2D eigenvalue weighted by molar-refractivity contribution is 5.84. The summed E-state index contributed by atoms with van der Waals surface area (Å²) in [5.41, 5.74) is 6.74. The Bertz CT molecular complexity index is 1160. The third kappa shape index (κ3) is 3.49. The second-order valence-electron chi connectivity index (χ2n) is 7.25. The maximum atomic E-state index is 5.58. The molecule has 0 amide bonds. The van der Waals surface area contributed by atoms with Crippen LogP contribution in [0.2, 0.25) is 0 Å². The molecule has 2 aromatic heterocycles. The Kier molecular flexibility index (Phi) is 4.84. The molecule has 0 atom stereocenters. The summed E-state index contributed by atoms with van der Waals surface area (Å²) in [6.07, 6.45) is 0. The third-order valence-electron chi connectivity index (χ3n) is 4.92. The van der Waals surface area contributed by atoms with Gasteiger partial charge in [0.1, 0.15) is 11.6 Å². The Balaban J connectivity index is 1.83. The summed E-state index contributed by atoms with van der Waals surface area (Å²) in [7, 11) is 5.75. The van der Waals surface area contributed by atoms with Gasteiger partial charge in [-0.25, -0.2) is 4.98 Å². The largest absolute Gasteiger partial charge is 0.496 e. The molecule has 1 N–H and O–H groups in total. The van der Waals surface area contributed by atoms with E-state index in [1.807, 2.05) is 62.8 Å². The minimum absolute atomic E-state index is 0.805. The maximum absolute atomic E-state index is 5.58. The molecule has 0 aliphatic heterocycles. The zero-order chi connectivity index (χ0) is 20.5. The van der Waals surface area contributed by atoms with Crippen molar-refractivity contribution >= 4 is 22.8 Å². The lowest BCUT2D eigenvalue weighted by Gasteiger charge is -2.14. The number of methoxy groups -OCH3 is 1. The summed E-state index contributed by atoms with van der Waals surface area (Å²) in [5.74, 6) is 1.68. The summed E-state index contributed by atoms with van der Waals surface area (Å²) in [5, 5.41) is 8.26. The van der Waals surface area contributed by atoms with Gasteiger partial charge in [0.05, 0.1) is 18.4 Å². The van der Waals surface area contributed by atoms with Crippen molar-refractivity contribution in [2.24, 2.45) is 0 Å². The molecule has 0 saturated carbocycles. The minimum atomic E-state index is 0.805. The molecule has 2 aromatic carbocycles. The molecule has 0 unspecified atom stereocenters. The van der Waals surface area contributed by atoms with E-state index in [9.17, 15) is 0 Å². The average molecular weight is 387 g/mol. The number of rotatable bonds is 5. The molecule has 0 radical (unpaired) electrons. The van der Waals surface area contributed by atoms with E-state index >= 15 is 0 Å². The van der Waals surface area contributed by atoms with Crippen molar-refractivity contribution in [1.82, 2.24) is 14.6 Å². The zero-order valence-electron chi connectivity index (χ0n) is 17.4. The van der Waals surface area contributed by atoms with Crippen molar-refractivity contribution < 1.29 is 4.74 Å². The van der Waals surface area contributed by atoms with Gasteiger partial charge in [-0.2, -0.15) is 9.61 Å². The molecule has 0 fully saturated rings. The third-order valence-corrected chi connectivity index (χ3v) is 4.92. The molecule has 0 aliphatic rings. The zero-order valence-corrected chi connectivity index (χ0v) is 17.4. The van der Waals surface area contributed by atoms with Crippen molar-refractivity contribution in [3.63, 3.8) is 0 Å². The van der Waals surface area contributed by atoms with E-state index in [4.69, 9.17) is 14.8 Å². The van der Waals surface area contributed by atoms with Crippen LogP contribution in [0.4, 0.5) is 17.2 Å². The Hall–Kier alpha value is -3.54. The van der Waals surface area contributed by atoms with Gasteiger partial charge >= 0.3 is 0 Å². The highest BCUT2D eigenvalue weighted by atomic mass is 16.5. The number of ether oxygens (including phenoxy) is 1. The molecule has 6 heteroatoms. The summed E-state index contributed by atoms with van der Waals surface area (Å²) in [6, 6.07) is 18.3. The van der Waals surface area contributed by atoms with E-state index in [-0.39, 0.29) is 0 Å². The molecular weight excluding hydrogens is 362 g/mol. The molecular formula is C23H25N5O. The van der Waals surface area contributed by atoms with Crippen LogP contribution in [0, 0.1) is 13.8 Å². The number of nitrogens with one attached hydrogen (secondary N) is 1. The van der Waals surface area contributed by atoms with Crippen LogP contribution in [0.5, 0.6) is 5.75 Å². The van der Waals surface area contributed by atoms with E-state index in [1.165, 1.54) is 0 Å². The Morgan fingerprint density at radius 3 is 2.41 bits per heavy atom.